The van der Waals surface area contributed by atoms with Crippen LogP contribution in [0.15, 0.2) is 47.2 Å². The van der Waals surface area contributed by atoms with E-state index in [0.29, 0.717) is 0 Å². The highest BCUT2D eigenvalue weighted by Crippen LogP contribution is 2.24. The number of thiophene rings is 1. The summed E-state index contributed by atoms with van der Waals surface area (Å²) < 4.78 is 29.4. The summed E-state index contributed by atoms with van der Waals surface area (Å²) in [5.41, 5.74) is 1.78. The highest BCUT2D eigenvalue weighted by molar-refractivity contribution is 7.89. The third-order valence-electron chi connectivity index (χ3n) is 3.75. The normalized spacial score (nSPS) is 12.0. The first-order chi connectivity index (χ1) is 11.9. The summed E-state index contributed by atoms with van der Waals surface area (Å²) in [6.45, 7) is 4.13. The Balaban J connectivity index is 1.77. The van der Waals surface area contributed by atoms with Crippen LogP contribution in [0, 0.1) is 0 Å². The van der Waals surface area contributed by atoms with Gasteiger partial charge in [-0.15, -0.1) is 11.3 Å². The number of aryl methyl sites for hydroxylation is 1. The smallest absolute Gasteiger partial charge is 0.259 e. The Hall–Kier alpha value is -2.03. The first-order valence-corrected chi connectivity index (χ1v) is 10.2. The first kappa shape index (κ1) is 17.8. The van der Waals surface area contributed by atoms with Gasteiger partial charge in [0.2, 0.25) is 0 Å². The molecule has 3 rings (SSSR count). The number of imidazole rings is 1. The SMILES string of the molecule is CC(C)c1nc(S(=O)(=O)NCc2cncc(-c3cccs3)c2)cn1C. The van der Waals surface area contributed by atoms with Crippen LogP contribution in [0.3, 0.4) is 0 Å². The van der Waals surface area contributed by atoms with Crippen molar-refractivity contribution in [2.24, 2.45) is 7.05 Å². The summed E-state index contributed by atoms with van der Waals surface area (Å²) in [6.07, 6.45) is 4.98. The molecule has 0 saturated carbocycles. The van der Waals surface area contributed by atoms with Crippen LogP contribution in [0.1, 0.15) is 31.2 Å². The van der Waals surface area contributed by atoms with Crippen LogP contribution in [-0.4, -0.2) is 23.0 Å². The van der Waals surface area contributed by atoms with Crippen LogP contribution in [0.25, 0.3) is 10.4 Å². The van der Waals surface area contributed by atoms with Gasteiger partial charge in [0, 0.05) is 48.5 Å². The van der Waals surface area contributed by atoms with Gasteiger partial charge in [0.25, 0.3) is 10.0 Å². The zero-order chi connectivity index (χ0) is 18.0. The topological polar surface area (TPSA) is 76.9 Å². The van der Waals surface area contributed by atoms with Gasteiger partial charge in [-0.1, -0.05) is 19.9 Å². The lowest BCUT2D eigenvalue weighted by Gasteiger charge is -2.06. The molecule has 0 aliphatic carbocycles. The van der Waals surface area contributed by atoms with Crippen molar-refractivity contribution >= 4 is 21.4 Å². The number of hydrogen-bond donors (Lipinski definition) is 1. The maximum atomic E-state index is 12.5. The van der Waals surface area contributed by atoms with Crippen LogP contribution in [-0.2, 0) is 23.6 Å². The number of aromatic nitrogens is 3. The molecule has 0 aliphatic rings. The summed E-state index contributed by atoms with van der Waals surface area (Å²) in [5, 5.41) is 2.04. The molecule has 0 unspecified atom stereocenters. The van der Waals surface area contributed by atoms with Gasteiger partial charge in [-0.25, -0.2) is 18.1 Å². The number of sulfonamides is 1. The molecule has 0 atom stereocenters. The molecule has 3 heterocycles. The van der Waals surface area contributed by atoms with E-state index in [0.717, 1.165) is 21.8 Å². The Morgan fingerprint density at radius 2 is 2.12 bits per heavy atom. The van der Waals surface area contributed by atoms with Gasteiger partial charge in [0.15, 0.2) is 5.03 Å². The van der Waals surface area contributed by atoms with Crippen molar-refractivity contribution in [2.45, 2.75) is 31.3 Å². The molecule has 0 aromatic carbocycles. The van der Waals surface area contributed by atoms with Crippen molar-refractivity contribution in [3.63, 3.8) is 0 Å². The predicted octanol–water partition coefficient (Wildman–Crippen LogP) is 3.15. The Bertz CT molecular complexity index is 960. The lowest BCUT2D eigenvalue weighted by molar-refractivity contribution is 0.577. The second-order valence-corrected chi connectivity index (χ2v) is 8.75. The van der Waals surface area contributed by atoms with Gasteiger partial charge in [-0.3, -0.25) is 4.98 Å². The second kappa shape index (κ2) is 7.07. The molecular formula is C17H20N4O2S2. The van der Waals surface area contributed by atoms with Gasteiger partial charge < -0.3 is 4.57 Å². The molecule has 25 heavy (non-hydrogen) atoms. The third kappa shape index (κ3) is 3.97. The average molecular weight is 377 g/mol. The molecule has 0 fully saturated rings. The van der Waals surface area contributed by atoms with E-state index in [1.54, 1.807) is 35.3 Å². The molecule has 0 bridgehead atoms. The van der Waals surface area contributed by atoms with E-state index in [4.69, 9.17) is 0 Å². The fourth-order valence-electron chi connectivity index (χ4n) is 2.53. The maximum Gasteiger partial charge on any atom is 0.259 e. The molecule has 132 valence electrons. The van der Waals surface area contributed by atoms with Crippen molar-refractivity contribution in [1.82, 2.24) is 19.3 Å². The summed E-state index contributed by atoms with van der Waals surface area (Å²) >= 11 is 1.62. The number of rotatable bonds is 6. The monoisotopic (exact) mass is 376 g/mol. The fourth-order valence-corrected chi connectivity index (χ4v) is 4.26. The van der Waals surface area contributed by atoms with E-state index in [1.807, 2.05) is 37.4 Å². The van der Waals surface area contributed by atoms with Crippen molar-refractivity contribution in [2.75, 3.05) is 0 Å². The number of nitrogens with zero attached hydrogens (tertiary/aromatic N) is 3. The third-order valence-corrected chi connectivity index (χ3v) is 5.94. The minimum atomic E-state index is -3.67. The van der Waals surface area contributed by atoms with Gasteiger partial charge in [0.1, 0.15) is 5.82 Å². The Morgan fingerprint density at radius 1 is 1.32 bits per heavy atom. The van der Waals surface area contributed by atoms with Crippen LogP contribution in [0.2, 0.25) is 0 Å². The number of pyridine rings is 1. The van der Waals surface area contributed by atoms with Crippen molar-refractivity contribution in [3.05, 3.63) is 53.6 Å². The molecule has 3 aromatic heterocycles. The minimum absolute atomic E-state index is 0.0427. The van der Waals surface area contributed by atoms with Gasteiger partial charge >= 0.3 is 0 Å². The van der Waals surface area contributed by atoms with E-state index in [9.17, 15) is 8.42 Å². The molecule has 0 saturated heterocycles. The highest BCUT2D eigenvalue weighted by Gasteiger charge is 2.20. The molecule has 3 aromatic rings. The largest absolute Gasteiger partial charge is 0.336 e. The van der Waals surface area contributed by atoms with Crippen LogP contribution < -0.4 is 4.72 Å². The lowest BCUT2D eigenvalue weighted by Crippen LogP contribution is -2.23. The van der Waals surface area contributed by atoms with Crippen molar-refractivity contribution in [1.29, 1.82) is 0 Å². The number of nitrogens with one attached hydrogen (secondary N) is 1. The Morgan fingerprint density at radius 3 is 2.76 bits per heavy atom. The molecule has 6 nitrogen and oxygen atoms in total. The summed E-state index contributed by atoms with van der Waals surface area (Å²) in [6, 6.07) is 5.93. The average Bonchev–Trinajstić information content (AvgIpc) is 3.23. The lowest BCUT2D eigenvalue weighted by atomic mass is 10.2. The van der Waals surface area contributed by atoms with Crippen molar-refractivity contribution < 1.29 is 8.42 Å². The summed E-state index contributed by atoms with van der Waals surface area (Å²) in [5.74, 6) is 0.891. The zero-order valence-electron chi connectivity index (χ0n) is 14.3. The molecule has 1 N–H and O–H groups in total. The standard InChI is InChI=1S/C17H20N4O2S2/c1-12(2)17-20-16(11-21(17)3)25(22,23)19-9-13-7-14(10-18-8-13)15-5-4-6-24-15/h4-8,10-12,19H,9H2,1-3H3. The van der Waals surface area contributed by atoms with Crippen LogP contribution >= 0.6 is 11.3 Å². The fraction of sp³-hybridized carbons (Fsp3) is 0.294. The zero-order valence-corrected chi connectivity index (χ0v) is 15.9. The summed E-state index contributed by atoms with van der Waals surface area (Å²) in [7, 11) is -1.87. The van der Waals surface area contributed by atoms with Crippen LogP contribution in [0.4, 0.5) is 0 Å². The van der Waals surface area contributed by atoms with E-state index in [-0.39, 0.29) is 17.5 Å². The number of hydrogen-bond acceptors (Lipinski definition) is 5. The van der Waals surface area contributed by atoms with Gasteiger partial charge in [-0.2, -0.15) is 0 Å². The van der Waals surface area contributed by atoms with Crippen LogP contribution in [0.5, 0.6) is 0 Å². The Labute approximate surface area is 151 Å². The second-order valence-electron chi connectivity index (χ2n) is 6.09. The van der Waals surface area contributed by atoms with E-state index in [2.05, 4.69) is 14.7 Å². The van der Waals surface area contributed by atoms with Gasteiger partial charge in [-0.05, 0) is 23.1 Å². The Kier molecular flexibility index (Phi) is 5.03. The molecule has 0 aliphatic heterocycles. The van der Waals surface area contributed by atoms with E-state index < -0.39 is 10.0 Å². The summed E-state index contributed by atoms with van der Waals surface area (Å²) in [4.78, 5) is 9.56. The maximum absolute atomic E-state index is 12.5. The predicted molar refractivity (Wildman–Crippen MR) is 98.9 cm³/mol. The quantitative estimate of drug-likeness (QED) is 0.717. The van der Waals surface area contributed by atoms with Crippen molar-refractivity contribution in [3.8, 4) is 10.4 Å². The molecule has 0 amide bonds. The molecule has 0 radical (unpaired) electrons. The highest BCUT2D eigenvalue weighted by atomic mass is 32.2. The van der Waals surface area contributed by atoms with E-state index in [1.165, 1.54) is 6.20 Å². The molecule has 8 heteroatoms. The molecular weight excluding hydrogens is 356 g/mol. The molecule has 0 spiro atoms. The van der Waals surface area contributed by atoms with Gasteiger partial charge in [0.05, 0.1) is 0 Å². The first-order valence-electron chi connectivity index (χ1n) is 7.87. The minimum Gasteiger partial charge on any atom is -0.336 e. The van der Waals surface area contributed by atoms with E-state index >= 15 is 0 Å².